The molecule has 1 aliphatic heterocycles. The highest BCUT2D eigenvalue weighted by atomic mass is 32.2. The van der Waals surface area contributed by atoms with Crippen LogP contribution in [0.4, 0.5) is 17.5 Å². The Morgan fingerprint density at radius 1 is 1.18 bits per heavy atom. The number of nitrogens with zero attached hydrogens (tertiary/aromatic N) is 8. The summed E-state index contributed by atoms with van der Waals surface area (Å²) in [5.74, 6) is 1.43. The molecule has 6 rings (SSSR count). The standard InChI is InChI=1S/C24H27N9O4S/c1-3-14(2)33-18-10-21(26-12-17(18)23(30-33)31-9-7-19(34)24(31)35)28-20-6-8-25-22(29-20)15-11-27-32(13-15)38(36,37)16-4-5-16/h6,8,10-14,16,19,34H,3-5,7,9H2,1-2H3,(H,25,26,28,29)/t14?,19-/m1/s1. The van der Waals surface area contributed by atoms with Gasteiger partial charge in [-0.15, -0.1) is 0 Å². The van der Waals surface area contributed by atoms with Crippen molar-refractivity contribution >= 4 is 44.3 Å². The average molecular weight is 538 g/mol. The summed E-state index contributed by atoms with van der Waals surface area (Å²) in [7, 11) is -3.48. The van der Waals surface area contributed by atoms with Gasteiger partial charge in [-0.1, -0.05) is 6.92 Å². The van der Waals surface area contributed by atoms with Gasteiger partial charge < -0.3 is 10.4 Å². The van der Waals surface area contributed by atoms with Crippen LogP contribution < -0.4 is 10.2 Å². The lowest BCUT2D eigenvalue weighted by atomic mass is 10.2. The predicted octanol–water partition coefficient (Wildman–Crippen LogP) is 2.24. The van der Waals surface area contributed by atoms with Crippen LogP contribution in [0.5, 0.6) is 0 Å². The maximum atomic E-state index is 12.5. The van der Waals surface area contributed by atoms with Gasteiger partial charge in [0.2, 0.25) is 0 Å². The second-order valence-electron chi connectivity index (χ2n) is 9.64. The molecule has 2 fully saturated rings. The number of anilines is 3. The van der Waals surface area contributed by atoms with E-state index in [9.17, 15) is 18.3 Å². The van der Waals surface area contributed by atoms with Crippen molar-refractivity contribution in [3.63, 3.8) is 0 Å². The van der Waals surface area contributed by atoms with Crippen molar-refractivity contribution in [2.24, 2.45) is 0 Å². The lowest BCUT2D eigenvalue weighted by Crippen LogP contribution is -2.29. The maximum Gasteiger partial charge on any atom is 0.257 e. The molecule has 1 aliphatic carbocycles. The van der Waals surface area contributed by atoms with E-state index >= 15 is 0 Å². The zero-order chi connectivity index (χ0) is 26.6. The van der Waals surface area contributed by atoms with Gasteiger partial charge in [0.25, 0.3) is 15.9 Å². The van der Waals surface area contributed by atoms with Crippen LogP contribution in [-0.2, 0) is 14.8 Å². The van der Waals surface area contributed by atoms with Crippen molar-refractivity contribution in [2.75, 3.05) is 16.8 Å². The molecule has 198 valence electrons. The first-order valence-electron chi connectivity index (χ1n) is 12.5. The van der Waals surface area contributed by atoms with E-state index in [4.69, 9.17) is 5.10 Å². The van der Waals surface area contributed by atoms with Gasteiger partial charge in [0, 0.05) is 37.5 Å². The Bertz CT molecular complexity index is 1640. The summed E-state index contributed by atoms with van der Waals surface area (Å²) >= 11 is 0. The summed E-state index contributed by atoms with van der Waals surface area (Å²) in [5.41, 5.74) is 1.28. The van der Waals surface area contributed by atoms with Crippen molar-refractivity contribution in [3.05, 3.63) is 36.9 Å². The molecule has 0 bridgehead atoms. The van der Waals surface area contributed by atoms with Crippen LogP contribution in [-0.4, -0.2) is 71.2 Å². The van der Waals surface area contributed by atoms with Crippen LogP contribution in [0.2, 0.25) is 0 Å². The lowest BCUT2D eigenvalue weighted by molar-refractivity contribution is -0.124. The molecule has 5 heterocycles. The molecule has 4 aromatic heterocycles. The molecule has 1 amide bonds. The summed E-state index contributed by atoms with van der Waals surface area (Å²) in [6, 6.07) is 3.60. The molecule has 13 nitrogen and oxygen atoms in total. The number of aromatic nitrogens is 7. The van der Waals surface area contributed by atoms with Crippen LogP contribution >= 0.6 is 0 Å². The van der Waals surface area contributed by atoms with Gasteiger partial charge in [-0.25, -0.2) is 23.4 Å². The van der Waals surface area contributed by atoms with Gasteiger partial charge in [-0.05, 0) is 32.3 Å². The molecule has 4 aromatic rings. The molecule has 38 heavy (non-hydrogen) atoms. The fourth-order valence-corrected chi connectivity index (χ4v) is 5.92. The van der Waals surface area contributed by atoms with E-state index in [2.05, 4.69) is 32.3 Å². The molecular weight excluding hydrogens is 510 g/mol. The van der Waals surface area contributed by atoms with Crippen molar-refractivity contribution in [2.45, 2.75) is 56.9 Å². The third-order valence-electron chi connectivity index (χ3n) is 6.95. The number of pyridine rings is 1. The summed E-state index contributed by atoms with van der Waals surface area (Å²) in [6.45, 7) is 4.50. The Morgan fingerprint density at radius 2 is 2.00 bits per heavy atom. The van der Waals surface area contributed by atoms with Gasteiger partial charge in [0.05, 0.1) is 34.1 Å². The first-order valence-corrected chi connectivity index (χ1v) is 14.0. The SMILES string of the molecule is CCC(C)n1nc(N2CC[C@@H](O)C2=O)c2cnc(Nc3ccnc(-c4cnn(S(=O)(=O)C5CC5)c4)n3)cc21. The Kier molecular flexibility index (Phi) is 5.87. The van der Waals surface area contributed by atoms with E-state index in [1.165, 1.54) is 17.3 Å². The number of carbonyl (C=O) groups is 1. The smallest absolute Gasteiger partial charge is 0.257 e. The molecule has 2 N–H and O–H groups in total. The lowest BCUT2D eigenvalue weighted by Gasteiger charge is -2.13. The molecule has 14 heteroatoms. The number of aliphatic hydroxyl groups is 1. The highest BCUT2D eigenvalue weighted by molar-refractivity contribution is 7.90. The minimum atomic E-state index is -3.48. The van der Waals surface area contributed by atoms with Crippen molar-refractivity contribution in [3.8, 4) is 11.4 Å². The Hall–Kier alpha value is -3.91. The predicted molar refractivity (Wildman–Crippen MR) is 139 cm³/mol. The summed E-state index contributed by atoms with van der Waals surface area (Å²) in [4.78, 5) is 27.3. The summed E-state index contributed by atoms with van der Waals surface area (Å²) in [5, 5.41) is 22.2. The first kappa shape index (κ1) is 24.4. The van der Waals surface area contributed by atoms with Crippen LogP contribution in [0.15, 0.2) is 36.9 Å². The molecule has 2 aliphatic rings. The van der Waals surface area contributed by atoms with Crippen molar-refractivity contribution in [1.82, 2.24) is 33.9 Å². The fourth-order valence-electron chi connectivity index (χ4n) is 4.44. The molecule has 1 saturated heterocycles. The molecule has 0 radical (unpaired) electrons. The van der Waals surface area contributed by atoms with E-state index in [0.717, 1.165) is 16.0 Å². The van der Waals surface area contributed by atoms with Crippen LogP contribution in [0, 0.1) is 0 Å². The minimum Gasteiger partial charge on any atom is -0.383 e. The van der Waals surface area contributed by atoms with Crippen molar-refractivity contribution in [1.29, 1.82) is 0 Å². The highest BCUT2D eigenvalue weighted by Crippen LogP contribution is 2.33. The monoisotopic (exact) mass is 537 g/mol. The highest BCUT2D eigenvalue weighted by Gasteiger charge is 2.38. The number of hydrogen-bond donors (Lipinski definition) is 2. The normalized spacial score (nSPS) is 18.9. The third kappa shape index (κ3) is 4.19. The molecule has 0 spiro atoms. The number of hydrogen-bond acceptors (Lipinski definition) is 10. The van der Waals surface area contributed by atoms with Gasteiger partial charge in [-0.3, -0.25) is 14.4 Å². The molecule has 2 atom stereocenters. The number of amides is 1. The van der Waals surface area contributed by atoms with E-state index < -0.39 is 16.1 Å². The van der Waals surface area contributed by atoms with E-state index in [-0.39, 0.29) is 17.2 Å². The quantitative estimate of drug-likeness (QED) is 0.341. The average Bonchev–Trinajstić information content (AvgIpc) is 3.42. The van der Waals surface area contributed by atoms with Gasteiger partial charge in [0.15, 0.2) is 11.6 Å². The number of aliphatic hydroxyl groups excluding tert-OH is 1. The van der Waals surface area contributed by atoms with Crippen molar-refractivity contribution < 1.29 is 18.3 Å². The zero-order valence-electron chi connectivity index (χ0n) is 20.9. The van der Waals surface area contributed by atoms with Gasteiger partial charge in [-0.2, -0.15) is 14.3 Å². The Balaban J connectivity index is 1.31. The molecule has 0 aromatic carbocycles. The first-order chi connectivity index (χ1) is 18.3. The Labute approximate surface area is 218 Å². The van der Waals surface area contributed by atoms with Gasteiger partial charge in [0.1, 0.15) is 17.7 Å². The van der Waals surface area contributed by atoms with Crippen LogP contribution in [0.25, 0.3) is 22.3 Å². The second kappa shape index (κ2) is 9.13. The minimum absolute atomic E-state index is 0.0678. The number of fused-ring (bicyclic) bond motifs is 1. The third-order valence-corrected chi connectivity index (χ3v) is 8.98. The van der Waals surface area contributed by atoms with Crippen LogP contribution in [0.1, 0.15) is 45.6 Å². The maximum absolute atomic E-state index is 12.5. The number of rotatable bonds is 8. The molecule has 1 saturated carbocycles. The molecular formula is C24H27N9O4S. The summed E-state index contributed by atoms with van der Waals surface area (Å²) in [6.07, 6.45) is 7.58. The van der Waals surface area contributed by atoms with Gasteiger partial charge >= 0.3 is 0 Å². The summed E-state index contributed by atoms with van der Waals surface area (Å²) < 4.78 is 27.8. The van der Waals surface area contributed by atoms with Crippen LogP contribution in [0.3, 0.4) is 0 Å². The largest absolute Gasteiger partial charge is 0.383 e. The topological polar surface area (TPSA) is 161 Å². The zero-order valence-corrected chi connectivity index (χ0v) is 21.7. The van der Waals surface area contributed by atoms with E-state index in [1.54, 1.807) is 18.5 Å². The number of carbonyl (C=O) groups excluding carboxylic acids is 1. The fraction of sp³-hybridized carbons (Fsp3) is 0.417. The number of nitrogens with one attached hydrogen (secondary N) is 1. The van der Waals surface area contributed by atoms with E-state index in [0.29, 0.717) is 60.0 Å². The molecule has 1 unspecified atom stereocenters. The Morgan fingerprint density at radius 3 is 2.71 bits per heavy atom. The van der Waals surface area contributed by atoms with E-state index in [1.807, 2.05) is 17.7 Å². The second-order valence-corrected chi connectivity index (χ2v) is 11.7.